The molecule has 2 atom stereocenters. The monoisotopic (exact) mass is 425 g/mol. The average Bonchev–Trinajstić information content (AvgIpc) is 3.13. The van der Waals surface area contributed by atoms with Crippen molar-refractivity contribution >= 4 is 11.6 Å². The highest BCUT2D eigenvalue weighted by atomic mass is 16.6. The molecule has 1 saturated heterocycles. The van der Waals surface area contributed by atoms with Crippen LogP contribution in [0.1, 0.15) is 29.5 Å². The van der Waals surface area contributed by atoms with Gasteiger partial charge in [0, 0.05) is 64.8 Å². The van der Waals surface area contributed by atoms with Crippen LogP contribution in [0.15, 0.2) is 48.5 Å². The first-order valence-corrected chi connectivity index (χ1v) is 10.6. The quantitative estimate of drug-likeness (QED) is 0.453. The van der Waals surface area contributed by atoms with Gasteiger partial charge in [-0.05, 0) is 29.5 Å². The number of nitro groups is 1. The van der Waals surface area contributed by atoms with Crippen LogP contribution in [0.25, 0.3) is 0 Å². The number of rotatable bonds is 9. The summed E-state index contributed by atoms with van der Waals surface area (Å²) in [7, 11) is 1.65. The minimum atomic E-state index is -0.375. The molecule has 166 valence electrons. The highest BCUT2D eigenvalue weighted by molar-refractivity contribution is 5.73. The first kappa shape index (κ1) is 22.9. The Bertz CT molecular complexity index is 900. The van der Waals surface area contributed by atoms with Crippen LogP contribution in [0.2, 0.25) is 0 Å². The van der Waals surface area contributed by atoms with E-state index in [1.54, 1.807) is 26.2 Å². The third-order valence-corrected chi connectivity index (χ3v) is 6.12. The fourth-order valence-electron chi connectivity index (χ4n) is 4.47. The first-order valence-electron chi connectivity index (χ1n) is 10.6. The van der Waals surface area contributed by atoms with Crippen LogP contribution in [0, 0.1) is 23.0 Å². The molecule has 7 heteroatoms. The van der Waals surface area contributed by atoms with Gasteiger partial charge >= 0.3 is 0 Å². The Hall–Kier alpha value is -2.77. The summed E-state index contributed by atoms with van der Waals surface area (Å²) >= 11 is 0. The molecule has 2 aromatic rings. The first-order chi connectivity index (χ1) is 14.9. The summed E-state index contributed by atoms with van der Waals surface area (Å²) in [6, 6.07) is 15.2. The van der Waals surface area contributed by atoms with Crippen LogP contribution in [-0.4, -0.2) is 60.5 Å². The Kier molecular flexibility index (Phi) is 7.76. The lowest BCUT2D eigenvalue weighted by Gasteiger charge is -2.28. The van der Waals surface area contributed by atoms with Crippen LogP contribution < -0.4 is 0 Å². The van der Waals surface area contributed by atoms with E-state index < -0.39 is 0 Å². The third kappa shape index (κ3) is 5.89. The predicted octanol–water partition coefficient (Wildman–Crippen LogP) is 3.61. The summed E-state index contributed by atoms with van der Waals surface area (Å²) in [6.45, 7) is 8.04. The van der Waals surface area contributed by atoms with E-state index in [4.69, 9.17) is 4.74 Å². The van der Waals surface area contributed by atoms with Gasteiger partial charge in [0.15, 0.2) is 0 Å². The van der Waals surface area contributed by atoms with E-state index in [0.717, 1.165) is 25.2 Å². The average molecular weight is 426 g/mol. The molecular weight excluding hydrogens is 394 g/mol. The van der Waals surface area contributed by atoms with Crippen molar-refractivity contribution in [1.29, 1.82) is 0 Å². The molecule has 0 N–H and O–H groups in total. The number of aryl methyl sites for hydroxylation is 1. The molecule has 2 aromatic carbocycles. The number of carbonyl (C=O) groups excluding carboxylic acids is 1. The Morgan fingerprint density at radius 2 is 1.90 bits per heavy atom. The molecule has 1 aliphatic heterocycles. The van der Waals surface area contributed by atoms with Gasteiger partial charge in [0.25, 0.3) is 5.69 Å². The Balaban J connectivity index is 1.78. The van der Waals surface area contributed by atoms with E-state index in [-0.39, 0.29) is 16.5 Å². The van der Waals surface area contributed by atoms with Gasteiger partial charge in [-0.3, -0.25) is 19.8 Å². The standard InChI is InChI=1S/C24H31N3O4/c1-18-6-4-5-7-23(18)24-17-25(14-20-8-10-22(11-9-20)27(29)30)15-21(24)16-26(19(2)28)12-13-31-3/h4-11,21,24H,12-17H2,1-3H3/t21-,24-/m0/s1. The molecule has 7 nitrogen and oxygen atoms in total. The second-order valence-electron chi connectivity index (χ2n) is 8.30. The summed E-state index contributed by atoms with van der Waals surface area (Å²) in [4.78, 5) is 27.0. The predicted molar refractivity (Wildman–Crippen MR) is 120 cm³/mol. The lowest BCUT2D eigenvalue weighted by atomic mass is 9.86. The molecule has 0 aliphatic carbocycles. The normalized spacial score (nSPS) is 18.8. The molecule has 31 heavy (non-hydrogen) atoms. The maximum Gasteiger partial charge on any atom is 0.269 e. The van der Waals surface area contributed by atoms with Crippen LogP contribution in [-0.2, 0) is 16.1 Å². The number of hydrogen-bond acceptors (Lipinski definition) is 5. The van der Waals surface area contributed by atoms with Crippen LogP contribution in [0.4, 0.5) is 5.69 Å². The number of benzene rings is 2. The Labute approximate surface area is 183 Å². The second-order valence-corrected chi connectivity index (χ2v) is 8.30. The molecule has 0 aromatic heterocycles. The van der Waals surface area contributed by atoms with Crippen molar-refractivity contribution in [1.82, 2.24) is 9.80 Å². The minimum absolute atomic E-state index is 0.0643. The number of non-ortho nitro benzene ring substituents is 1. The molecule has 0 saturated carbocycles. The number of likely N-dealkylation sites (tertiary alicyclic amines) is 1. The van der Waals surface area contributed by atoms with Gasteiger partial charge < -0.3 is 9.64 Å². The minimum Gasteiger partial charge on any atom is -0.383 e. The Morgan fingerprint density at radius 1 is 1.19 bits per heavy atom. The SMILES string of the molecule is COCCN(C[C@@H]1CN(Cc2ccc([N+](=O)[O-])cc2)C[C@@H]1c1ccccc1C)C(C)=O. The molecule has 0 bridgehead atoms. The summed E-state index contributed by atoms with van der Waals surface area (Å²) in [5, 5.41) is 10.9. The fourth-order valence-corrected chi connectivity index (χ4v) is 4.47. The van der Waals surface area contributed by atoms with E-state index in [2.05, 4.69) is 36.1 Å². The van der Waals surface area contributed by atoms with Gasteiger partial charge in [0.2, 0.25) is 5.91 Å². The maximum absolute atomic E-state index is 12.2. The molecule has 0 unspecified atom stereocenters. The molecule has 1 aliphatic rings. The molecule has 0 spiro atoms. The van der Waals surface area contributed by atoms with Crippen LogP contribution in [0.5, 0.6) is 0 Å². The zero-order chi connectivity index (χ0) is 22.4. The topological polar surface area (TPSA) is 75.9 Å². The number of nitrogens with zero attached hydrogens (tertiary/aromatic N) is 3. The Morgan fingerprint density at radius 3 is 2.52 bits per heavy atom. The lowest BCUT2D eigenvalue weighted by Crippen LogP contribution is -2.38. The lowest BCUT2D eigenvalue weighted by molar-refractivity contribution is -0.384. The van der Waals surface area contributed by atoms with Crippen molar-refractivity contribution in [3.05, 3.63) is 75.3 Å². The van der Waals surface area contributed by atoms with Gasteiger partial charge in [-0.2, -0.15) is 0 Å². The summed E-state index contributed by atoms with van der Waals surface area (Å²) in [5.41, 5.74) is 3.75. The molecule has 0 radical (unpaired) electrons. The number of ether oxygens (including phenoxy) is 1. The third-order valence-electron chi connectivity index (χ3n) is 6.12. The summed E-state index contributed by atoms with van der Waals surface area (Å²) < 4.78 is 5.19. The van der Waals surface area contributed by atoms with Gasteiger partial charge in [-0.25, -0.2) is 0 Å². The zero-order valence-corrected chi connectivity index (χ0v) is 18.5. The van der Waals surface area contributed by atoms with Crippen molar-refractivity contribution in [3.8, 4) is 0 Å². The van der Waals surface area contributed by atoms with E-state index in [1.807, 2.05) is 17.0 Å². The number of nitro benzene ring substituents is 1. The fraction of sp³-hybridized carbons (Fsp3) is 0.458. The van der Waals surface area contributed by atoms with Crippen LogP contribution in [0.3, 0.4) is 0 Å². The van der Waals surface area contributed by atoms with Crippen molar-refractivity contribution in [2.75, 3.05) is 39.9 Å². The van der Waals surface area contributed by atoms with E-state index >= 15 is 0 Å². The van der Waals surface area contributed by atoms with Crippen molar-refractivity contribution in [2.24, 2.45) is 5.92 Å². The number of methoxy groups -OCH3 is 1. The van der Waals surface area contributed by atoms with Gasteiger partial charge in [-0.15, -0.1) is 0 Å². The van der Waals surface area contributed by atoms with Crippen molar-refractivity contribution in [3.63, 3.8) is 0 Å². The number of hydrogen-bond donors (Lipinski definition) is 0. The summed E-state index contributed by atoms with van der Waals surface area (Å²) in [6.07, 6.45) is 0. The molecular formula is C24H31N3O4. The highest BCUT2D eigenvalue weighted by Gasteiger charge is 2.36. The molecule has 1 amide bonds. The summed E-state index contributed by atoms with van der Waals surface area (Å²) in [5.74, 6) is 0.693. The van der Waals surface area contributed by atoms with Gasteiger partial charge in [0.1, 0.15) is 0 Å². The number of amides is 1. The maximum atomic E-state index is 12.2. The molecule has 1 heterocycles. The van der Waals surface area contributed by atoms with Gasteiger partial charge in [-0.1, -0.05) is 36.4 Å². The largest absolute Gasteiger partial charge is 0.383 e. The van der Waals surface area contributed by atoms with Crippen molar-refractivity contribution < 1.29 is 14.5 Å². The molecule has 3 rings (SSSR count). The zero-order valence-electron chi connectivity index (χ0n) is 18.5. The van der Waals surface area contributed by atoms with Gasteiger partial charge in [0.05, 0.1) is 11.5 Å². The highest BCUT2D eigenvalue weighted by Crippen LogP contribution is 2.35. The molecule has 1 fully saturated rings. The second kappa shape index (κ2) is 10.5. The van der Waals surface area contributed by atoms with E-state index in [9.17, 15) is 14.9 Å². The van der Waals surface area contributed by atoms with E-state index in [1.165, 1.54) is 11.1 Å². The number of carbonyl (C=O) groups is 1. The van der Waals surface area contributed by atoms with Crippen LogP contribution >= 0.6 is 0 Å². The van der Waals surface area contributed by atoms with Crippen molar-refractivity contribution in [2.45, 2.75) is 26.3 Å². The van der Waals surface area contributed by atoms with E-state index in [0.29, 0.717) is 31.5 Å². The smallest absolute Gasteiger partial charge is 0.269 e.